The number of carbonyl (C=O) groups excluding carboxylic acids is 3. The molecule has 9 heteroatoms. The lowest BCUT2D eigenvalue weighted by atomic mass is 10.1. The molecule has 5 aromatic rings. The van der Waals surface area contributed by atoms with Crippen LogP contribution in [0.2, 0.25) is 0 Å². The lowest BCUT2D eigenvalue weighted by Gasteiger charge is -2.29. The van der Waals surface area contributed by atoms with E-state index in [1.54, 1.807) is 72.8 Å². The van der Waals surface area contributed by atoms with Crippen LogP contribution in [-0.2, 0) is 9.59 Å². The number of ether oxygens (including phenoxy) is 1. The highest BCUT2D eigenvalue weighted by Crippen LogP contribution is 2.28. The Kier molecular flexibility index (Phi) is 7.05. The van der Waals surface area contributed by atoms with Crippen LogP contribution in [0.15, 0.2) is 118 Å². The van der Waals surface area contributed by atoms with Crippen LogP contribution in [0, 0.1) is 0 Å². The number of thiocarbonyl (C=S) groups is 1. The fraction of sp³-hybridized carbons (Fsp3) is 0. The zero-order chi connectivity index (χ0) is 28.5. The summed E-state index contributed by atoms with van der Waals surface area (Å²) in [6.45, 7) is 0. The van der Waals surface area contributed by atoms with E-state index < -0.39 is 11.8 Å². The van der Waals surface area contributed by atoms with Crippen LogP contribution in [0.3, 0.4) is 0 Å². The molecule has 1 N–H and O–H groups in total. The van der Waals surface area contributed by atoms with Crippen molar-refractivity contribution < 1.29 is 23.5 Å². The van der Waals surface area contributed by atoms with Gasteiger partial charge in [0, 0.05) is 15.4 Å². The molecule has 1 fully saturated rings. The number of hydrogen-bond donors (Lipinski definition) is 1. The maximum absolute atomic E-state index is 13.5. The third-order valence-electron chi connectivity index (χ3n) is 6.36. The largest absolute Gasteiger partial charge is 0.457 e. The van der Waals surface area contributed by atoms with Crippen molar-refractivity contribution in [1.29, 1.82) is 0 Å². The van der Waals surface area contributed by atoms with E-state index in [-0.39, 0.29) is 22.2 Å². The number of ketones is 1. The van der Waals surface area contributed by atoms with Gasteiger partial charge in [-0.2, -0.15) is 0 Å². The van der Waals surface area contributed by atoms with Crippen LogP contribution in [0.4, 0.5) is 5.69 Å². The molecule has 4 aromatic carbocycles. The molecule has 41 heavy (non-hydrogen) atoms. The fourth-order valence-corrected chi connectivity index (χ4v) is 4.90. The number of anilines is 1. The molecular weight excluding hydrogens is 604 g/mol. The minimum atomic E-state index is -0.598. The highest BCUT2D eigenvalue weighted by Gasteiger charge is 2.34. The lowest BCUT2D eigenvalue weighted by molar-refractivity contribution is -0.122. The van der Waals surface area contributed by atoms with Crippen LogP contribution in [0.5, 0.6) is 11.5 Å². The molecule has 1 aromatic heterocycles. The van der Waals surface area contributed by atoms with Crippen LogP contribution in [0.25, 0.3) is 17.0 Å². The Bertz CT molecular complexity index is 1860. The monoisotopic (exact) mass is 622 g/mol. The molecule has 0 unspecified atom stereocenters. The molecule has 0 spiro atoms. The molecule has 2 amide bonds. The number of nitrogens with zero attached hydrogens (tertiary/aromatic N) is 1. The van der Waals surface area contributed by atoms with E-state index in [1.807, 2.05) is 30.3 Å². The maximum atomic E-state index is 13.5. The normalized spacial score (nSPS) is 14.4. The summed E-state index contributed by atoms with van der Waals surface area (Å²) in [5.41, 5.74) is 1.98. The second-order valence-corrected chi connectivity index (χ2v) is 10.4. The van der Waals surface area contributed by atoms with Crippen molar-refractivity contribution in [3.05, 3.63) is 130 Å². The van der Waals surface area contributed by atoms with Crippen molar-refractivity contribution in [1.82, 2.24) is 5.32 Å². The quantitative estimate of drug-likeness (QED) is 0.0944. The van der Waals surface area contributed by atoms with E-state index in [1.165, 1.54) is 11.0 Å². The van der Waals surface area contributed by atoms with Gasteiger partial charge in [0.1, 0.15) is 22.7 Å². The van der Waals surface area contributed by atoms with E-state index in [0.29, 0.717) is 39.3 Å². The average Bonchev–Trinajstić information content (AvgIpc) is 3.40. The Hall–Kier alpha value is -4.86. The van der Waals surface area contributed by atoms with Gasteiger partial charge >= 0.3 is 0 Å². The van der Waals surface area contributed by atoms with Gasteiger partial charge in [-0.05, 0) is 103 Å². The highest BCUT2D eigenvalue weighted by molar-refractivity contribution is 9.10. The van der Waals surface area contributed by atoms with Gasteiger partial charge in [0.2, 0.25) is 5.78 Å². The van der Waals surface area contributed by atoms with E-state index in [2.05, 4.69) is 21.2 Å². The molecule has 1 aliphatic heterocycles. The summed E-state index contributed by atoms with van der Waals surface area (Å²) in [6, 6.07) is 29.9. The molecule has 7 nitrogen and oxygen atoms in total. The van der Waals surface area contributed by atoms with Gasteiger partial charge in [0.05, 0.1) is 5.69 Å². The highest BCUT2D eigenvalue weighted by atomic mass is 79.9. The first-order valence-electron chi connectivity index (χ1n) is 12.4. The zero-order valence-corrected chi connectivity index (χ0v) is 23.6. The summed E-state index contributed by atoms with van der Waals surface area (Å²) in [5, 5.41) is 3.23. The van der Waals surface area contributed by atoms with Gasteiger partial charge in [-0.1, -0.05) is 40.2 Å². The number of rotatable bonds is 6. The predicted octanol–water partition coefficient (Wildman–Crippen LogP) is 7.05. The lowest BCUT2D eigenvalue weighted by Crippen LogP contribution is -2.54. The molecule has 0 radical (unpaired) electrons. The Morgan fingerprint density at radius 1 is 0.878 bits per heavy atom. The number of fused-ring (bicyclic) bond motifs is 1. The Balaban J connectivity index is 1.25. The molecule has 1 saturated heterocycles. The number of para-hydroxylation sites is 1. The van der Waals surface area contributed by atoms with Crippen LogP contribution < -0.4 is 15.0 Å². The first-order valence-corrected chi connectivity index (χ1v) is 13.6. The number of benzene rings is 4. The van der Waals surface area contributed by atoms with Gasteiger partial charge in [-0.25, -0.2) is 0 Å². The molecule has 6 rings (SSSR count). The van der Waals surface area contributed by atoms with Crippen molar-refractivity contribution in [2.24, 2.45) is 0 Å². The van der Waals surface area contributed by atoms with Crippen molar-refractivity contribution in [3.63, 3.8) is 0 Å². The number of hydrogen-bond acceptors (Lipinski definition) is 6. The second kappa shape index (κ2) is 11.0. The van der Waals surface area contributed by atoms with Crippen molar-refractivity contribution >= 4 is 73.6 Å². The predicted molar refractivity (Wildman–Crippen MR) is 163 cm³/mol. The van der Waals surface area contributed by atoms with Gasteiger partial charge < -0.3 is 9.15 Å². The van der Waals surface area contributed by atoms with Gasteiger partial charge in [-0.3, -0.25) is 24.6 Å². The number of carbonyl (C=O) groups is 3. The standard InChI is InChI=1S/C32H19BrN2O5S/c33-22-9-7-20(8-10-22)29(36)28-18-21-16-19(6-15-27(21)40-28)17-26-30(37)34-32(41)35(31(26)38)23-11-13-25(14-12-23)39-24-4-2-1-3-5-24/h1-18H,(H,34,37,41)/b26-17+. The summed E-state index contributed by atoms with van der Waals surface area (Å²) < 4.78 is 12.5. The minimum absolute atomic E-state index is 0.0183. The molecule has 0 saturated carbocycles. The summed E-state index contributed by atoms with van der Waals surface area (Å²) >= 11 is 8.69. The van der Waals surface area contributed by atoms with E-state index >= 15 is 0 Å². The van der Waals surface area contributed by atoms with Crippen molar-refractivity contribution in [2.45, 2.75) is 0 Å². The van der Waals surface area contributed by atoms with Crippen LogP contribution in [-0.4, -0.2) is 22.7 Å². The Labute approximate surface area is 248 Å². The molecule has 1 aliphatic rings. The van der Waals surface area contributed by atoms with Crippen LogP contribution >= 0.6 is 28.1 Å². The summed E-state index contributed by atoms with van der Waals surface area (Å²) in [5.74, 6) is 0.0466. The number of halogens is 1. The molecule has 0 aliphatic carbocycles. The molecular formula is C32H19BrN2O5S. The first-order chi connectivity index (χ1) is 19.9. The molecule has 0 bridgehead atoms. The third kappa shape index (κ3) is 5.45. The average molecular weight is 623 g/mol. The number of nitrogens with one attached hydrogen (secondary N) is 1. The fourth-order valence-electron chi connectivity index (χ4n) is 4.35. The van der Waals surface area contributed by atoms with Gasteiger partial charge in [0.15, 0.2) is 10.9 Å². The maximum Gasteiger partial charge on any atom is 0.270 e. The topological polar surface area (TPSA) is 88.8 Å². The molecule has 0 atom stereocenters. The summed E-state index contributed by atoms with van der Waals surface area (Å²) in [4.78, 5) is 40.4. The molecule has 2 heterocycles. The van der Waals surface area contributed by atoms with Crippen molar-refractivity contribution in [3.8, 4) is 11.5 Å². The van der Waals surface area contributed by atoms with E-state index in [4.69, 9.17) is 21.4 Å². The Morgan fingerprint density at radius 3 is 2.32 bits per heavy atom. The zero-order valence-electron chi connectivity index (χ0n) is 21.2. The third-order valence-corrected chi connectivity index (χ3v) is 7.17. The Morgan fingerprint density at radius 2 is 1.59 bits per heavy atom. The summed E-state index contributed by atoms with van der Waals surface area (Å²) in [6.07, 6.45) is 1.49. The second-order valence-electron chi connectivity index (χ2n) is 9.11. The minimum Gasteiger partial charge on any atom is -0.457 e. The van der Waals surface area contributed by atoms with E-state index in [0.717, 1.165) is 4.47 Å². The smallest absolute Gasteiger partial charge is 0.270 e. The number of furan rings is 1. The number of amides is 2. The summed E-state index contributed by atoms with van der Waals surface area (Å²) in [7, 11) is 0. The van der Waals surface area contributed by atoms with Gasteiger partial charge in [0.25, 0.3) is 11.8 Å². The molecule has 200 valence electrons. The van der Waals surface area contributed by atoms with Crippen LogP contribution in [0.1, 0.15) is 21.7 Å². The SMILES string of the molecule is O=C1NC(=S)N(c2ccc(Oc3ccccc3)cc2)C(=O)/C1=C/c1ccc2oc(C(=O)c3ccc(Br)cc3)cc2c1. The first kappa shape index (κ1) is 26.4. The van der Waals surface area contributed by atoms with Crippen molar-refractivity contribution in [2.75, 3.05) is 4.90 Å². The van der Waals surface area contributed by atoms with E-state index in [9.17, 15) is 14.4 Å². The van der Waals surface area contributed by atoms with Gasteiger partial charge in [-0.15, -0.1) is 0 Å².